The summed E-state index contributed by atoms with van der Waals surface area (Å²) in [7, 11) is 0. The van der Waals surface area contributed by atoms with Crippen molar-refractivity contribution in [2.45, 2.75) is 26.8 Å². The van der Waals surface area contributed by atoms with Gasteiger partial charge in [-0.1, -0.05) is 42.5 Å². The first kappa shape index (κ1) is 22.0. The van der Waals surface area contributed by atoms with Crippen molar-refractivity contribution < 1.29 is 19.4 Å². The van der Waals surface area contributed by atoms with E-state index in [2.05, 4.69) is 23.6 Å². The van der Waals surface area contributed by atoms with E-state index in [1.54, 1.807) is 0 Å². The monoisotopic (exact) mass is 410 g/mol. The Morgan fingerprint density at radius 3 is 2.10 bits per heavy atom. The molecular formula is C24H34N4O2+2. The van der Waals surface area contributed by atoms with Crippen molar-refractivity contribution in [1.29, 1.82) is 0 Å². The zero-order chi connectivity index (χ0) is 21.5. The average molecular weight is 411 g/mol. The molecule has 1 aliphatic rings. The highest BCUT2D eigenvalue weighted by atomic mass is 16.2. The maximum Gasteiger partial charge on any atom is 0.279 e. The number of benzene rings is 2. The van der Waals surface area contributed by atoms with Gasteiger partial charge in [0.05, 0.1) is 6.04 Å². The number of nitrogens with one attached hydrogen (secondary N) is 4. The summed E-state index contributed by atoms with van der Waals surface area (Å²) < 4.78 is 0. The molecule has 30 heavy (non-hydrogen) atoms. The maximum absolute atomic E-state index is 12.5. The Bertz CT molecular complexity index is 861. The van der Waals surface area contributed by atoms with E-state index in [1.165, 1.54) is 15.4 Å². The number of quaternary nitrogens is 2. The van der Waals surface area contributed by atoms with Crippen molar-refractivity contribution in [3.8, 4) is 0 Å². The molecule has 6 nitrogen and oxygen atoms in total. The lowest BCUT2D eigenvalue weighted by Crippen LogP contribution is -3.28. The molecule has 0 spiro atoms. The molecule has 1 heterocycles. The van der Waals surface area contributed by atoms with E-state index < -0.39 is 0 Å². The van der Waals surface area contributed by atoms with Crippen LogP contribution < -0.4 is 20.4 Å². The van der Waals surface area contributed by atoms with E-state index in [0.717, 1.165) is 43.0 Å². The summed E-state index contributed by atoms with van der Waals surface area (Å²) in [4.78, 5) is 27.4. The van der Waals surface area contributed by atoms with E-state index in [1.807, 2.05) is 56.3 Å². The van der Waals surface area contributed by atoms with Gasteiger partial charge in [0.25, 0.3) is 11.8 Å². The van der Waals surface area contributed by atoms with Gasteiger partial charge in [-0.2, -0.15) is 0 Å². The van der Waals surface area contributed by atoms with Crippen molar-refractivity contribution in [3.05, 3.63) is 65.2 Å². The molecule has 0 aromatic heterocycles. The lowest BCUT2D eigenvalue weighted by molar-refractivity contribution is -1.00. The number of amides is 2. The van der Waals surface area contributed by atoms with Gasteiger partial charge < -0.3 is 20.4 Å². The number of hydrogen-bond acceptors (Lipinski definition) is 2. The van der Waals surface area contributed by atoms with Crippen LogP contribution in [0.3, 0.4) is 0 Å². The molecule has 1 saturated heterocycles. The Labute approximate surface area is 179 Å². The van der Waals surface area contributed by atoms with Gasteiger partial charge in [0.15, 0.2) is 13.1 Å². The van der Waals surface area contributed by atoms with E-state index in [4.69, 9.17) is 0 Å². The van der Waals surface area contributed by atoms with Crippen molar-refractivity contribution in [2.24, 2.45) is 0 Å². The summed E-state index contributed by atoms with van der Waals surface area (Å²) in [5.74, 6) is 0.133. The molecule has 1 atom stereocenters. The Morgan fingerprint density at radius 2 is 1.47 bits per heavy atom. The van der Waals surface area contributed by atoms with Gasteiger partial charge in [0.1, 0.15) is 26.2 Å². The maximum atomic E-state index is 12.5. The number of hydrogen-bond donors (Lipinski definition) is 4. The van der Waals surface area contributed by atoms with Crippen LogP contribution in [-0.2, 0) is 9.59 Å². The first-order valence-electron chi connectivity index (χ1n) is 10.8. The van der Waals surface area contributed by atoms with Gasteiger partial charge in [-0.25, -0.2) is 0 Å². The number of carbonyl (C=O) groups excluding carboxylic acids is 2. The molecule has 2 aromatic rings. The van der Waals surface area contributed by atoms with Crippen LogP contribution >= 0.6 is 0 Å². The van der Waals surface area contributed by atoms with Crippen LogP contribution in [0, 0.1) is 13.8 Å². The van der Waals surface area contributed by atoms with Crippen molar-refractivity contribution in [3.63, 3.8) is 0 Å². The molecule has 0 unspecified atom stereocenters. The Balaban J connectivity index is 1.39. The van der Waals surface area contributed by atoms with Crippen LogP contribution in [0.25, 0.3) is 0 Å². The van der Waals surface area contributed by atoms with Crippen LogP contribution in [-0.4, -0.2) is 51.1 Å². The minimum Gasteiger partial charge on any atom is -0.345 e. The zero-order valence-corrected chi connectivity index (χ0v) is 18.3. The Morgan fingerprint density at radius 1 is 0.867 bits per heavy atom. The third-order valence-corrected chi connectivity index (χ3v) is 6.04. The first-order chi connectivity index (χ1) is 14.4. The molecule has 0 aliphatic carbocycles. The SMILES string of the molecule is Cc1cccc(NC(=O)C[NH+]2CC[NH+](CC(=O)N[C@@H](C)c3ccccc3)CC2)c1C. The fraction of sp³-hybridized carbons (Fsp3) is 0.417. The fourth-order valence-electron chi connectivity index (χ4n) is 3.96. The zero-order valence-electron chi connectivity index (χ0n) is 18.3. The Kier molecular flexibility index (Phi) is 7.60. The highest BCUT2D eigenvalue weighted by Crippen LogP contribution is 2.17. The summed E-state index contributed by atoms with van der Waals surface area (Å²) >= 11 is 0. The van der Waals surface area contributed by atoms with Crippen molar-refractivity contribution in [1.82, 2.24) is 5.32 Å². The molecule has 0 saturated carbocycles. The van der Waals surface area contributed by atoms with Crippen LogP contribution in [0.1, 0.15) is 29.7 Å². The lowest BCUT2D eigenvalue weighted by atomic mass is 10.1. The highest BCUT2D eigenvalue weighted by Gasteiger charge is 2.26. The molecule has 3 rings (SSSR count). The molecule has 0 bridgehead atoms. The summed E-state index contributed by atoms with van der Waals surface area (Å²) in [5.41, 5.74) is 4.31. The molecule has 6 heteroatoms. The first-order valence-corrected chi connectivity index (χ1v) is 10.8. The van der Waals surface area contributed by atoms with Crippen LogP contribution in [0.15, 0.2) is 48.5 Å². The molecule has 2 amide bonds. The fourth-order valence-corrected chi connectivity index (χ4v) is 3.96. The minimum absolute atomic E-state index is 0.0128. The topological polar surface area (TPSA) is 67.1 Å². The van der Waals surface area contributed by atoms with Gasteiger partial charge >= 0.3 is 0 Å². The molecule has 1 aliphatic heterocycles. The standard InChI is InChI=1S/C24H32N4O2/c1-18-8-7-11-22(19(18)2)26-24(30)17-28-14-12-27(13-15-28)16-23(29)25-20(3)21-9-5-4-6-10-21/h4-11,20H,12-17H2,1-3H3,(H,25,29)(H,26,30)/p+2/t20-/m0/s1. The third kappa shape index (κ3) is 6.15. The number of rotatable bonds is 7. The minimum atomic E-state index is 0.0128. The largest absolute Gasteiger partial charge is 0.345 e. The third-order valence-electron chi connectivity index (χ3n) is 6.04. The normalized spacial score (nSPS) is 19.7. The number of aryl methyl sites for hydroxylation is 1. The number of piperazine rings is 1. The summed E-state index contributed by atoms with van der Waals surface area (Å²) in [6.07, 6.45) is 0. The van der Waals surface area contributed by atoms with Crippen molar-refractivity contribution >= 4 is 17.5 Å². The second-order valence-corrected chi connectivity index (χ2v) is 8.35. The van der Waals surface area contributed by atoms with E-state index in [0.29, 0.717) is 13.1 Å². The van der Waals surface area contributed by atoms with Gasteiger partial charge in [0, 0.05) is 5.69 Å². The number of anilines is 1. The smallest absolute Gasteiger partial charge is 0.279 e. The van der Waals surface area contributed by atoms with Crippen LogP contribution in [0.5, 0.6) is 0 Å². The van der Waals surface area contributed by atoms with E-state index in [9.17, 15) is 9.59 Å². The van der Waals surface area contributed by atoms with Crippen LogP contribution in [0.2, 0.25) is 0 Å². The predicted molar refractivity (Wildman–Crippen MR) is 119 cm³/mol. The molecule has 2 aromatic carbocycles. The molecule has 1 fully saturated rings. The average Bonchev–Trinajstić information content (AvgIpc) is 2.73. The van der Waals surface area contributed by atoms with Gasteiger partial charge in [0.2, 0.25) is 0 Å². The Hall–Kier alpha value is -2.70. The van der Waals surface area contributed by atoms with E-state index in [-0.39, 0.29) is 17.9 Å². The van der Waals surface area contributed by atoms with Gasteiger partial charge in [-0.05, 0) is 43.5 Å². The lowest BCUT2D eigenvalue weighted by Gasteiger charge is -2.29. The summed E-state index contributed by atoms with van der Waals surface area (Å²) in [6.45, 7) is 10.7. The highest BCUT2D eigenvalue weighted by molar-refractivity contribution is 5.92. The second kappa shape index (κ2) is 10.4. The molecule has 4 N–H and O–H groups in total. The van der Waals surface area contributed by atoms with Crippen LogP contribution in [0.4, 0.5) is 5.69 Å². The van der Waals surface area contributed by atoms with E-state index >= 15 is 0 Å². The molecular weight excluding hydrogens is 376 g/mol. The molecule has 160 valence electrons. The van der Waals surface area contributed by atoms with Gasteiger partial charge in [-0.15, -0.1) is 0 Å². The number of carbonyl (C=O) groups is 2. The summed E-state index contributed by atoms with van der Waals surface area (Å²) in [6, 6.07) is 16.0. The second-order valence-electron chi connectivity index (χ2n) is 8.35. The quantitative estimate of drug-likeness (QED) is 0.515. The predicted octanol–water partition coefficient (Wildman–Crippen LogP) is -0.0973. The van der Waals surface area contributed by atoms with Gasteiger partial charge in [-0.3, -0.25) is 9.59 Å². The molecule has 0 radical (unpaired) electrons. The van der Waals surface area contributed by atoms with Crippen molar-refractivity contribution in [2.75, 3.05) is 44.6 Å². The summed E-state index contributed by atoms with van der Waals surface area (Å²) in [5, 5.41) is 6.14.